The van der Waals surface area contributed by atoms with Gasteiger partial charge in [-0.2, -0.15) is 0 Å². The van der Waals surface area contributed by atoms with Crippen molar-refractivity contribution in [1.82, 2.24) is 15.6 Å². The first-order valence-corrected chi connectivity index (χ1v) is 11.4. The van der Waals surface area contributed by atoms with Gasteiger partial charge in [-0.1, -0.05) is 12.1 Å². The third kappa shape index (κ3) is 7.74. The van der Waals surface area contributed by atoms with E-state index in [1.807, 2.05) is 20.0 Å². The molecule has 0 saturated carbocycles. The summed E-state index contributed by atoms with van der Waals surface area (Å²) >= 11 is 0. The van der Waals surface area contributed by atoms with E-state index in [4.69, 9.17) is 19.2 Å². The van der Waals surface area contributed by atoms with Gasteiger partial charge in [0.1, 0.15) is 18.1 Å². The second-order valence-electron chi connectivity index (χ2n) is 8.15. The van der Waals surface area contributed by atoms with E-state index in [0.717, 1.165) is 65.8 Å². The lowest BCUT2D eigenvalue weighted by atomic mass is 10.1. The summed E-state index contributed by atoms with van der Waals surface area (Å²) in [7, 11) is 1.69. The zero-order chi connectivity index (χ0) is 22.9. The quantitative estimate of drug-likeness (QED) is 0.265. The van der Waals surface area contributed by atoms with Crippen molar-refractivity contribution in [2.24, 2.45) is 4.99 Å². The number of halogens is 1. The Morgan fingerprint density at radius 2 is 2.06 bits per heavy atom. The molecule has 1 aliphatic heterocycles. The maximum atomic E-state index is 6.12. The van der Waals surface area contributed by atoms with Crippen LogP contribution in [0.1, 0.15) is 47.7 Å². The number of aliphatic imine (C=N–C) groups is 1. The van der Waals surface area contributed by atoms with Gasteiger partial charge < -0.3 is 24.8 Å². The molecule has 1 saturated heterocycles. The van der Waals surface area contributed by atoms with Crippen molar-refractivity contribution in [3.05, 3.63) is 52.3 Å². The van der Waals surface area contributed by atoms with Crippen molar-refractivity contribution >= 4 is 29.9 Å². The number of pyridine rings is 1. The van der Waals surface area contributed by atoms with E-state index >= 15 is 0 Å². The van der Waals surface area contributed by atoms with Crippen LogP contribution in [-0.4, -0.2) is 43.9 Å². The highest BCUT2D eigenvalue weighted by molar-refractivity contribution is 14.0. The highest BCUT2D eigenvalue weighted by atomic mass is 127. The van der Waals surface area contributed by atoms with Gasteiger partial charge in [0.2, 0.25) is 0 Å². The van der Waals surface area contributed by atoms with Crippen molar-refractivity contribution in [2.45, 2.75) is 59.7 Å². The molecule has 1 fully saturated rings. The smallest absolute Gasteiger partial charge is 0.191 e. The molecule has 1 aromatic carbocycles. The Labute approximate surface area is 214 Å². The molecule has 1 atom stereocenters. The first-order chi connectivity index (χ1) is 15.5. The molecule has 3 rings (SSSR count). The number of aromatic nitrogens is 1. The number of nitrogens with zero attached hydrogens (tertiary/aromatic N) is 2. The normalized spacial score (nSPS) is 15.7. The Morgan fingerprint density at radius 1 is 1.24 bits per heavy atom. The summed E-state index contributed by atoms with van der Waals surface area (Å²) in [4.78, 5) is 9.35. The minimum atomic E-state index is 0. The standard InChI is InChI=1S/C25H36N4O3.HI/c1-6-26-25(29-15-22-19(4)24(30-5)18(3)13-27-22)28-14-20-10-9-17(2)12-23(20)32-16-21-8-7-11-31-21;/h9-10,12-13,21H,6-8,11,14-16H2,1-5H3,(H2,26,28,29);1H. The topological polar surface area (TPSA) is 77.0 Å². The number of hydrogen-bond donors (Lipinski definition) is 2. The predicted octanol–water partition coefficient (Wildman–Crippen LogP) is 4.45. The number of methoxy groups -OCH3 is 1. The van der Waals surface area contributed by atoms with Crippen LogP contribution in [0, 0.1) is 20.8 Å². The Hall–Kier alpha value is -2.07. The average molecular weight is 569 g/mol. The van der Waals surface area contributed by atoms with Crippen LogP contribution in [0.4, 0.5) is 0 Å². The maximum Gasteiger partial charge on any atom is 0.191 e. The van der Waals surface area contributed by atoms with E-state index in [0.29, 0.717) is 19.7 Å². The molecule has 33 heavy (non-hydrogen) atoms. The number of aryl methyl sites for hydroxylation is 2. The molecule has 0 radical (unpaired) electrons. The minimum Gasteiger partial charge on any atom is -0.496 e. The van der Waals surface area contributed by atoms with Crippen LogP contribution in [0.2, 0.25) is 0 Å². The van der Waals surface area contributed by atoms with Crippen LogP contribution in [0.3, 0.4) is 0 Å². The fraction of sp³-hybridized carbons (Fsp3) is 0.520. The number of benzene rings is 1. The zero-order valence-corrected chi connectivity index (χ0v) is 22.7. The van der Waals surface area contributed by atoms with E-state index in [1.165, 1.54) is 5.56 Å². The van der Waals surface area contributed by atoms with Gasteiger partial charge in [0.05, 0.1) is 32.0 Å². The minimum absolute atomic E-state index is 0. The molecule has 1 aliphatic rings. The van der Waals surface area contributed by atoms with Crippen LogP contribution >= 0.6 is 24.0 Å². The van der Waals surface area contributed by atoms with E-state index in [2.05, 4.69) is 47.7 Å². The summed E-state index contributed by atoms with van der Waals surface area (Å²) in [6, 6.07) is 6.26. The number of rotatable bonds is 9. The molecule has 0 bridgehead atoms. The largest absolute Gasteiger partial charge is 0.496 e. The molecule has 8 heteroatoms. The molecule has 0 aliphatic carbocycles. The Kier molecular flexibility index (Phi) is 11.2. The fourth-order valence-corrected chi connectivity index (χ4v) is 3.81. The van der Waals surface area contributed by atoms with E-state index in [1.54, 1.807) is 7.11 Å². The van der Waals surface area contributed by atoms with Crippen LogP contribution < -0.4 is 20.1 Å². The fourth-order valence-electron chi connectivity index (χ4n) is 3.81. The molecule has 182 valence electrons. The molecule has 0 amide bonds. The predicted molar refractivity (Wildman–Crippen MR) is 143 cm³/mol. The van der Waals surface area contributed by atoms with Gasteiger partial charge in [-0.3, -0.25) is 4.98 Å². The molecule has 2 aromatic rings. The van der Waals surface area contributed by atoms with Crippen molar-refractivity contribution in [3.63, 3.8) is 0 Å². The molecule has 1 aromatic heterocycles. The number of guanidine groups is 1. The molecular formula is C25H37IN4O3. The highest BCUT2D eigenvalue weighted by Gasteiger charge is 2.17. The molecule has 1 unspecified atom stereocenters. The summed E-state index contributed by atoms with van der Waals surface area (Å²) in [5.74, 6) is 2.49. The lowest BCUT2D eigenvalue weighted by Gasteiger charge is -2.16. The first kappa shape index (κ1) is 27.2. The Balaban J connectivity index is 0.00000385. The monoisotopic (exact) mass is 568 g/mol. The van der Waals surface area contributed by atoms with Gasteiger partial charge in [-0.05, 0) is 52.2 Å². The third-order valence-electron chi connectivity index (χ3n) is 5.60. The van der Waals surface area contributed by atoms with Crippen LogP contribution in [0.5, 0.6) is 11.5 Å². The molecule has 2 heterocycles. The summed E-state index contributed by atoms with van der Waals surface area (Å²) in [6.45, 7) is 11.4. The van der Waals surface area contributed by atoms with Gasteiger partial charge >= 0.3 is 0 Å². The van der Waals surface area contributed by atoms with Crippen LogP contribution in [0.15, 0.2) is 29.4 Å². The second kappa shape index (κ2) is 13.6. The maximum absolute atomic E-state index is 6.12. The Morgan fingerprint density at radius 3 is 2.76 bits per heavy atom. The summed E-state index contributed by atoms with van der Waals surface area (Å²) < 4.78 is 17.3. The number of hydrogen-bond acceptors (Lipinski definition) is 5. The molecule has 2 N–H and O–H groups in total. The Bertz CT molecular complexity index is 930. The van der Waals surface area contributed by atoms with E-state index in [9.17, 15) is 0 Å². The number of nitrogens with one attached hydrogen (secondary N) is 2. The van der Waals surface area contributed by atoms with Crippen LogP contribution in [-0.2, 0) is 17.8 Å². The van der Waals surface area contributed by atoms with Crippen molar-refractivity contribution in [3.8, 4) is 11.5 Å². The summed E-state index contributed by atoms with van der Waals surface area (Å²) in [6.07, 6.45) is 4.20. The van der Waals surface area contributed by atoms with Gasteiger partial charge in [0.15, 0.2) is 5.96 Å². The lowest BCUT2D eigenvalue weighted by molar-refractivity contribution is 0.0676. The average Bonchev–Trinajstić information content (AvgIpc) is 3.30. The van der Waals surface area contributed by atoms with Gasteiger partial charge in [0, 0.05) is 36.0 Å². The van der Waals surface area contributed by atoms with Gasteiger partial charge in [-0.25, -0.2) is 4.99 Å². The molecular weight excluding hydrogens is 531 g/mol. The summed E-state index contributed by atoms with van der Waals surface area (Å²) in [5, 5.41) is 6.70. The number of ether oxygens (including phenoxy) is 3. The van der Waals surface area contributed by atoms with Gasteiger partial charge in [-0.15, -0.1) is 24.0 Å². The second-order valence-corrected chi connectivity index (χ2v) is 8.15. The summed E-state index contributed by atoms with van der Waals surface area (Å²) in [5.41, 5.74) is 5.23. The lowest BCUT2D eigenvalue weighted by Crippen LogP contribution is -2.37. The van der Waals surface area contributed by atoms with E-state index in [-0.39, 0.29) is 30.1 Å². The van der Waals surface area contributed by atoms with Crippen LogP contribution in [0.25, 0.3) is 0 Å². The van der Waals surface area contributed by atoms with Gasteiger partial charge in [0.25, 0.3) is 0 Å². The van der Waals surface area contributed by atoms with E-state index < -0.39 is 0 Å². The SMILES string of the molecule is CCNC(=NCc1ccc(C)cc1OCC1CCCO1)NCc1ncc(C)c(OC)c1C.I. The molecule has 0 spiro atoms. The third-order valence-corrected chi connectivity index (χ3v) is 5.60. The first-order valence-electron chi connectivity index (χ1n) is 11.4. The zero-order valence-electron chi connectivity index (χ0n) is 20.4. The molecule has 7 nitrogen and oxygen atoms in total. The van der Waals surface area contributed by atoms with Crippen molar-refractivity contribution in [1.29, 1.82) is 0 Å². The van der Waals surface area contributed by atoms with Crippen molar-refractivity contribution < 1.29 is 14.2 Å². The van der Waals surface area contributed by atoms with Crippen molar-refractivity contribution in [2.75, 3.05) is 26.9 Å². The highest BCUT2D eigenvalue weighted by Crippen LogP contribution is 2.24.